The van der Waals surface area contributed by atoms with Crippen molar-refractivity contribution in [2.75, 3.05) is 19.6 Å². The number of rotatable bonds is 5. The topological polar surface area (TPSA) is 37.3 Å². The van der Waals surface area contributed by atoms with Gasteiger partial charge in [0.05, 0.1) is 0 Å². The zero-order valence-corrected chi connectivity index (χ0v) is 14.6. The van der Waals surface area contributed by atoms with Gasteiger partial charge in [0.25, 0.3) is 5.91 Å². The van der Waals surface area contributed by atoms with Crippen LogP contribution in [0, 0.1) is 5.92 Å². The molecule has 1 saturated heterocycles. The second-order valence-electron chi connectivity index (χ2n) is 6.92. The van der Waals surface area contributed by atoms with Gasteiger partial charge < -0.3 is 9.88 Å². The van der Waals surface area contributed by atoms with E-state index < -0.39 is 0 Å². The summed E-state index contributed by atoms with van der Waals surface area (Å²) in [6.07, 6.45) is 6.49. The Morgan fingerprint density at radius 2 is 1.92 bits per heavy atom. The standard InChI is InChI=1S/C20H27N3O/c1-16-8-12-22(13-9-16)17(2)15-21-20(24)18-6-5-7-19(14-18)23-10-3-4-11-23/h3-7,10-11,14,16-17H,8-9,12-13,15H2,1-2H3,(H,21,24). The van der Waals surface area contributed by atoms with Crippen LogP contribution in [0.3, 0.4) is 0 Å². The van der Waals surface area contributed by atoms with Gasteiger partial charge in [-0.25, -0.2) is 0 Å². The Balaban J connectivity index is 1.56. The second-order valence-corrected chi connectivity index (χ2v) is 6.92. The summed E-state index contributed by atoms with van der Waals surface area (Å²) in [7, 11) is 0. The maximum Gasteiger partial charge on any atom is 0.251 e. The van der Waals surface area contributed by atoms with Gasteiger partial charge in [-0.05, 0) is 69.1 Å². The zero-order valence-electron chi connectivity index (χ0n) is 14.6. The number of benzene rings is 1. The average Bonchev–Trinajstić information content (AvgIpc) is 3.15. The molecule has 2 heterocycles. The van der Waals surface area contributed by atoms with Crippen molar-refractivity contribution in [3.63, 3.8) is 0 Å². The fourth-order valence-corrected chi connectivity index (χ4v) is 3.26. The van der Waals surface area contributed by atoms with Crippen LogP contribution in [-0.2, 0) is 0 Å². The van der Waals surface area contributed by atoms with Crippen LogP contribution < -0.4 is 5.32 Å². The predicted octanol–water partition coefficient (Wildman–Crippen LogP) is 3.33. The molecule has 0 spiro atoms. The van der Waals surface area contributed by atoms with Crippen LogP contribution in [0.5, 0.6) is 0 Å². The average molecular weight is 325 g/mol. The monoisotopic (exact) mass is 325 g/mol. The van der Waals surface area contributed by atoms with Crippen LogP contribution in [0.15, 0.2) is 48.8 Å². The van der Waals surface area contributed by atoms with Gasteiger partial charge in [-0.2, -0.15) is 0 Å². The van der Waals surface area contributed by atoms with E-state index in [9.17, 15) is 4.79 Å². The molecule has 1 atom stereocenters. The molecule has 1 fully saturated rings. The van der Waals surface area contributed by atoms with Crippen LogP contribution in [0.25, 0.3) is 5.69 Å². The van der Waals surface area contributed by atoms with Gasteiger partial charge in [-0.15, -0.1) is 0 Å². The van der Waals surface area contributed by atoms with E-state index in [1.54, 1.807) is 0 Å². The Kier molecular flexibility index (Phi) is 5.36. The van der Waals surface area contributed by atoms with E-state index in [2.05, 4.69) is 24.1 Å². The number of aromatic nitrogens is 1. The molecule has 0 saturated carbocycles. The molecular formula is C20H27N3O. The Bertz CT molecular complexity index is 657. The lowest BCUT2D eigenvalue weighted by Gasteiger charge is -2.35. The number of hydrogen-bond donors (Lipinski definition) is 1. The Morgan fingerprint density at radius 1 is 1.21 bits per heavy atom. The number of hydrogen-bond acceptors (Lipinski definition) is 2. The molecule has 2 aromatic rings. The summed E-state index contributed by atoms with van der Waals surface area (Å²) in [6, 6.07) is 12.1. The van der Waals surface area contributed by atoms with Crippen LogP contribution in [0.2, 0.25) is 0 Å². The van der Waals surface area contributed by atoms with E-state index in [1.165, 1.54) is 12.8 Å². The Morgan fingerprint density at radius 3 is 2.62 bits per heavy atom. The van der Waals surface area contributed by atoms with E-state index in [0.717, 1.165) is 24.7 Å². The quantitative estimate of drug-likeness (QED) is 0.915. The van der Waals surface area contributed by atoms with Crippen LogP contribution in [-0.4, -0.2) is 41.1 Å². The van der Waals surface area contributed by atoms with Crippen molar-refractivity contribution >= 4 is 5.91 Å². The summed E-state index contributed by atoms with van der Waals surface area (Å²) >= 11 is 0. The highest BCUT2D eigenvalue weighted by Gasteiger charge is 2.20. The highest BCUT2D eigenvalue weighted by molar-refractivity contribution is 5.94. The van der Waals surface area contributed by atoms with Gasteiger partial charge in [0.2, 0.25) is 0 Å². The van der Waals surface area contributed by atoms with Gasteiger partial charge in [0.1, 0.15) is 0 Å². The Hall–Kier alpha value is -2.07. The van der Waals surface area contributed by atoms with Crippen LogP contribution >= 0.6 is 0 Å². The normalized spacial score (nSPS) is 17.6. The fraction of sp³-hybridized carbons (Fsp3) is 0.450. The lowest BCUT2D eigenvalue weighted by Crippen LogP contribution is -2.45. The summed E-state index contributed by atoms with van der Waals surface area (Å²) < 4.78 is 2.01. The van der Waals surface area contributed by atoms with Crippen molar-refractivity contribution in [3.05, 3.63) is 54.4 Å². The van der Waals surface area contributed by atoms with Gasteiger partial charge in [0, 0.05) is 36.2 Å². The van der Waals surface area contributed by atoms with Crippen LogP contribution in [0.4, 0.5) is 0 Å². The summed E-state index contributed by atoms with van der Waals surface area (Å²) in [4.78, 5) is 14.9. The fourth-order valence-electron chi connectivity index (χ4n) is 3.26. The van der Waals surface area contributed by atoms with E-state index in [-0.39, 0.29) is 5.91 Å². The molecule has 4 heteroatoms. The number of piperidine rings is 1. The number of carbonyl (C=O) groups excluding carboxylic acids is 1. The number of amides is 1. The van der Waals surface area contributed by atoms with Crippen molar-refractivity contribution in [3.8, 4) is 5.69 Å². The minimum atomic E-state index is 0.00114. The smallest absolute Gasteiger partial charge is 0.251 e. The molecule has 1 N–H and O–H groups in total. The third kappa shape index (κ3) is 4.06. The van der Waals surface area contributed by atoms with Crippen molar-refractivity contribution in [1.82, 2.24) is 14.8 Å². The number of nitrogens with zero attached hydrogens (tertiary/aromatic N) is 2. The minimum absolute atomic E-state index is 0.00114. The van der Waals surface area contributed by atoms with Crippen LogP contribution in [0.1, 0.15) is 37.0 Å². The van der Waals surface area contributed by atoms with Crippen molar-refractivity contribution in [2.45, 2.75) is 32.7 Å². The molecule has 128 valence electrons. The maximum atomic E-state index is 12.5. The molecule has 0 bridgehead atoms. The summed E-state index contributed by atoms with van der Waals surface area (Å²) in [6.45, 7) is 7.50. The number of likely N-dealkylation sites (tertiary alicyclic amines) is 1. The summed E-state index contributed by atoms with van der Waals surface area (Å²) in [5, 5.41) is 3.09. The van der Waals surface area contributed by atoms with Crippen molar-refractivity contribution in [1.29, 1.82) is 0 Å². The second kappa shape index (κ2) is 7.67. The zero-order chi connectivity index (χ0) is 16.9. The lowest BCUT2D eigenvalue weighted by molar-refractivity contribution is 0.0921. The number of nitrogens with one attached hydrogen (secondary N) is 1. The molecule has 1 aliphatic rings. The molecule has 24 heavy (non-hydrogen) atoms. The SMILES string of the molecule is CC1CCN(C(C)CNC(=O)c2cccc(-n3cccc3)c2)CC1. The third-order valence-corrected chi connectivity index (χ3v) is 5.01. The van der Waals surface area contributed by atoms with Gasteiger partial charge >= 0.3 is 0 Å². The van der Waals surface area contributed by atoms with Gasteiger partial charge in [-0.1, -0.05) is 13.0 Å². The molecule has 0 radical (unpaired) electrons. The van der Waals surface area contributed by atoms with E-state index in [1.807, 2.05) is 53.4 Å². The molecule has 1 aliphatic heterocycles. The summed E-state index contributed by atoms with van der Waals surface area (Å²) in [5.41, 5.74) is 1.71. The third-order valence-electron chi connectivity index (χ3n) is 5.01. The number of carbonyl (C=O) groups is 1. The first kappa shape index (κ1) is 16.8. The van der Waals surface area contributed by atoms with E-state index >= 15 is 0 Å². The predicted molar refractivity (Wildman–Crippen MR) is 97.5 cm³/mol. The van der Waals surface area contributed by atoms with Gasteiger partial charge in [0.15, 0.2) is 0 Å². The first-order valence-electron chi connectivity index (χ1n) is 8.89. The maximum absolute atomic E-state index is 12.5. The van der Waals surface area contributed by atoms with E-state index in [4.69, 9.17) is 0 Å². The highest BCUT2D eigenvalue weighted by atomic mass is 16.1. The van der Waals surface area contributed by atoms with Crippen molar-refractivity contribution in [2.24, 2.45) is 5.92 Å². The Labute approximate surface area is 144 Å². The largest absolute Gasteiger partial charge is 0.350 e. The molecule has 1 amide bonds. The molecule has 0 aliphatic carbocycles. The molecule has 1 aromatic carbocycles. The minimum Gasteiger partial charge on any atom is -0.350 e. The summed E-state index contributed by atoms with van der Waals surface area (Å²) in [5.74, 6) is 0.834. The highest BCUT2D eigenvalue weighted by Crippen LogP contribution is 2.17. The molecule has 4 nitrogen and oxygen atoms in total. The molecule has 3 rings (SSSR count). The first-order valence-corrected chi connectivity index (χ1v) is 8.89. The van der Waals surface area contributed by atoms with E-state index in [0.29, 0.717) is 18.2 Å². The van der Waals surface area contributed by atoms with Crippen molar-refractivity contribution < 1.29 is 4.79 Å². The molecular weight excluding hydrogens is 298 g/mol. The lowest BCUT2D eigenvalue weighted by atomic mass is 9.98. The first-order chi connectivity index (χ1) is 11.6. The molecule has 1 aromatic heterocycles. The van der Waals surface area contributed by atoms with Gasteiger partial charge in [-0.3, -0.25) is 9.69 Å². The molecule has 1 unspecified atom stereocenters.